The molecule has 0 aromatic heterocycles. The van der Waals surface area contributed by atoms with Gasteiger partial charge < -0.3 is 14.2 Å². The minimum absolute atomic E-state index is 0.0837. The summed E-state index contributed by atoms with van der Waals surface area (Å²) in [6, 6.07) is 0. The molecule has 0 saturated carbocycles. The number of rotatable bonds is 64. The van der Waals surface area contributed by atoms with E-state index in [2.05, 4.69) is 130 Å². The van der Waals surface area contributed by atoms with Gasteiger partial charge in [0, 0.05) is 19.3 Å². The second-order valence-corrected chi connectivity index (χ2v) is 23.4. The SMILES string of the molecule is CC/C=C\C/C=C\C/C=C\C/C=C\C/C=C\C/C=C\CCCCCCCCCCC(=O)OCC(COC(=O)CCCCCCCCC/C=C\CCCCCCCC)OC(=O)CCCCCCCCCCC/C=C\C/C=C\CCCCCCC. The van der Waals surface area contributed by atoms with Crippen molar-refractivity contribution in [3.05, 3.63) is 109 Å². The van der Waals surface area contributed by atoms with Gasteiger partial charge in [-0.15, -0.1) is 0 Å². The summed E-state index contributed by atoms with van der Waals surface area (Å²) in [4.78, 5) is 38.5. The highest BCUT2D eigenvalue weighted by Crippen LogP contribution is 2.16. The molecule has 0 aliphatic heterocycles. The van der Waals surface area contributed by atoms with Gasteiger partial charge in [0.1, 0.15) is 13.2 Å². The predicted octanol–water partition coefficient (Wildman–Crippen LogP) is 24.6. The van der Waals surface area contributed by atoms with Crippen LogP contribution in [0.5, 0.6) is 0 Å². The van der Waals surface area contributed by atoms with E-state index >= 15 is 0 Å². The maximum absolute atomic E-state index is 13.0. The quantitative estimate of drug-likeness (QED) is 0.0261. The maximum Gasteiger partial charge on any atom is 0.306 e. The van der Waals surface area contributed by atoms with E-state index in [1.165, 1.54) is 193 Å². The summed E-state index contributed by atoms with van der Waals surface area (Å²) in [7, 11) is 0. The highest BCUT2D eigenvalue weighted by molar-refractivity contribution is 5.71. The molecule has 83 heavy (non-hydrogen) atoms. The summed E-state index contributed by atoms with van der Waals surface area (Å²) in [5.74, 6) is -0.887. The van der Waals surface area contributed by atoms with Gasteiger partial charge >= 0.3 is 17.9 Å². The molecule has 0 aliphatic carbocycles. The van der Waals surface area contributed by atoms with Gasteiger partial charge in [0.05, 0.1) is 0 Å². The van der Waals surface area contributed by atoms with Gasteiger partial charge in [-0.25, -0.2) is 0 Å². The van der Waals surface area contributed by atoms with E-state index in [0.29, 0.717) is 19.3 Å². The van der Waals surface area contributed by atoms with Gasteiger partial charge in [-0.2, -0.15) is 0 Å². The summed E-state index contributed by atoms with van der Waals surface area (Å²) in [5, 5.41) is 0. The molecule has 0 aromatic rings. The number of carbonyl (C=O) groups is 3. The number of hydrogen-bond donors (Lipinski definition) is 0. The molecule has 0 N–H and O–H groups in total. The summed E-state index contributed by atoms with van der Waals surface area (Å²) in [6.07, 6.45) is 96.7. The van der Waals surface area contributed by atoms with E-state index < -0.39 is 6.10 Å². The topological polar surface area (TPSA) is 78.9 Å². The molecule has 0 aromatic carbocycles. The third-order valence-corrected chi connectivity index (χ3v) is 15.2. The summed E-state index contributed by atoms with van der Waals surface area (Å²) >= 11 is 0. The van der Waals surface area contributed by atoms with Crippen molar-refractivity contribution < 1.29 is 28.6 Å². The molecule has 0 amide bonds. The Bertz CT molecular complexity index is 1660. The first-order valence-corrected chi connectivity index (χ1v) is 35.4. The van der Waals surface area contributed by atoms with Crippen molar-refractivity contribution in [2.45, 2.75) is 348 Å². The molecule has 476 valence electrons. The van der Waals surface area contributed by atoms with E-state index in [9.17, 15) is 14.4 Å². The van der Waals surface area contributed by atoms with Gasteiger partial charge in [0.2, 0.25) is 0 Å². The van der Waals surface area contributed by atoms with Gasteiger partial charge in [-0.3, -0.25) is 14.4 Å². The monoisotopic (exact) mass is 1150 g/mol. The first kappa shape index (κ1) is 79.1. The van der Waals surface area contributed by atoms with Crippen LogP contribution in [0.2, 0.25) is 0 Å². The van der Waals surface area contributed by atoms with Crippen molar-refractivity contribution in [2.75, 3.05) is 13.2 Å². The zero-order chi connectivity index (χ0) is 59.9. The Morgan fingerprint density at radius 3 is 0.747 bits per heavy atom. The van der Waals surface area contributed by atoms with E-state index in [1.54, 1.807) is 0 Å². The van der Waals surface area contributed by atoms with Crippen LogP contribution in [0.4, 0.5) is 0 Å². The molecule has 6 heteroatoms. The number of hydrogen-bond acceptors (Lipinski definition) is 6. The molecule has 0 fully saturated rings. The van der Waals surface area contributed by atoms with E-state index in [4.69, 9.17) is 14.2 Å². The Labute approximate surface area is 514 Å². The molecule has 0 aliphatic rings. The Morgan fingerprint density at radius 2 is 0.470 bits per heavy atom. The van der Waals surface area contributed by atoms with Gasteiger partial charge in [-0.1, -0.05) is 304 Å². The minimum Gasteiger partial charge on any atom is -0.462 e. The zero-order valence-electron chi connectivity index (χ0n) is 54.7. The second kappa shape index (κ2) is 70.6. The van der Waals surface area contributed by atoms with Crippen LogP contribution in [0.25, 0.3) is 0 Å². The number of allylic oxidation sites excluding steroid dienone is 18. The van der Waals surface area contributed by atoms with E-state index in [-0.39, 0.29) is 31.1 Å². The normalized spacial score (nSPS) is 12.8. The molecule has 1 unspecified atom stereocenters. The lowest BCUT2D eigenvalue weighted by Gasteiger charge is -2.18. The lowest BCUT2D eigenvalue weighted by atomic mass is 10.1. The van der Waals surface area contributed by atoms with Crippen molar-refractivity contribution in [2.24, 2.45) is 0 Å². The standard InChI is InChI=1S/C77H132O6/c1-4-7-10-13-16-19-22-25-28-31-33-35-36-37-38-39-40-42-43-46-49-52-55-58-61-64-67-70-76(79)82-73-74(72-81-75(78)69-66-63-60-57-54-51-48-45-30-27-24-21-18-15-12-9-6-3)83-77(80)71-68-65-62-59-56-53-50-47-44-41-34-32-29-26-23-20-17-14-11-8-5-2/h7,10,16,19,23,25-28,30,32-35,37-38,40,42,74H,4-6,8-9,11-15,17-18,20-22,24,29,31,36,39,41,43-73H2,1-3H3/b10-7-,19-16-,26-23-,28-25-,30-27-,34-32-,35-33-,38-37-,42-40-. The molecule has 1 atom stereocenters. The van der Waals surface area contributed by atoms with Crippen LogP contribution >= 0.6 is 0 Å². The Balaban J connectivity index is 4.39. The molecule has 0 heterocycles. The first-order valence-electron chi connectivity index (χ1n) is 35.4. The van der Waals surface area contributed by atoms with Crippen molar-refractivity contribution in [1.29, 1.82) is 0 Å². The lowest BCUT2D eigenvalue weighted by molar-refractivity contribution is -0.167. The van der Waals surface area contributed by atoms with Crippen molar-refractivity contribution in [3.8, 4) is 0 Å². The van der Waals surface area contributed by atoms with Crippen LogP contribution in [0, 0.1) is 0 Å². The third kappa shape index (κ3) is 68.7. The smallest absolute Gasteiger partial charge is 0.306 e. The van der Waals surface area contributed by atoms with Crippen molar-refractivity contribution in [1.82, 2.24) is 0 Å². The third-order valence-electron chi connectivity index (χ3n) is 15.2. The van der Waals surface area contributed by atoms with Gasteiger partial charge in [0.25, 0.3) is 0 Å². The zero-order valence-corrected chi connectivity index (χ0v) is 54.7. The molecule has 6 nitrogen and oxygen atoms in total. The molecule has 0 rings (SSSR count). The molecule has 0 spiro atoms. The second-order valence-electron chi connectivity index (χ2n) is 23.4. The van der Waals surface area contributed by atoms with Crippen LogP contribution in [0.3, 0.4) is 0 Å². The molecule has 0 saturated heterocycles. The van der Waals surface area contributed by atoms with E-state index in [1.807, 2.05) is 0 Å². The fourth-order valence-corrected chi connectivity index (χ4v) is 9.94. The largest absolute Gasteiger partial charge is 0.462 e. The summed E-state index contributed by atoms with van der Waals surface area (Å²) in [5.41, 5.74) is 0. The van der Waals surface area contributed by atoms with Gasteiger partial charge in [0.15, 0.2) is 6.10 Å². The Hall–Kier alpha value is -3.93. The highest BCUT2D eigenvalue weighted by atomic mass is 16.6. The average molecular weight is 1150 g/mol. The van der Waals surface area contributed by atoms with E-state index in [0.717, 1.165) is 109 Å². The Morgan fingerprint density at radius 1 is 0.253 bits per heavy atom. The average Bonchev–Trinajstić information content (AvgIpc) is 3.49. The molecule has 0 radical (unpaired) electrons. The Kier molecular flexibility index (Phi) is 67.2. The van der Waals surface area contributed by atoms with Crippen LogP contribution in [-0.4, -0.2) is 37.2 Å². The fraction of sp³-hybridized carbons (Fsp3) is 0.727. The van der Waals surface area contributed by atoms with Crippen molar-refractivity contribution in [3.63, 3.8) is 0 Å². The van der Waals surface area contributed by atoms with Crippen LogP contribution < -0.4 is 0 Å². The number of unbranched alkanes of at least 4 members (excludes halogenated alkanes) is 35. The van der Waals surface area contributed by atoms with Crippen LogP contribution in [0.15, 0.2) is 109 Å². The first-order chi connectivity index (χ1) is 41.0. The van der Waals surface area contributed by atoms with Crippen LogP contribution in [-0.2, 0) is 28.6 Å². The number of esters is 3. The number of ether oxygens (including phenoxy) is 3. The summed E-state index contributed by atoms with van der Waals surface area (Å²) < 4.78 is 17.0. The minimum atomic E-state index is -0.789. The van der Waals surface area contributed by atoms with Gasteiger partial charge in [-0.05, 0) is 128 Å². The van der Waals surface area contributed by atoms with Crippen LogP contribution in [0.1, 0.15) is 342 Å². The highest BCUT2D eigenvalue weighted by Gasteiger charge is 2.19. The molecule has 0 bridgehead atoms. The van der Waals surface area contributed by atoms with Crippen molar-refractivity contribution >= 4 is 17.9 Å². The fourth-order valence-electron chi connectivity index (χ4n) is 9.94. The predicted molar refractivity (Wildman–Crippen MR) is 362 cm³/mol. The molecular formula is C77H132O6. The maximum atomic E-state index is 13.0. The summed E-state index contributed by atoms with van der Waals surface area (Å²) in [6.45, 7) is 6.54. The molecular weight excluding hydrogens is 1020 g/mol. The lowest BCUT2D eigenvalue weighted by Crippen LogP contribution is -2.30. The number of carbonyl (C=O) groups excluding carboxylic acids is 3.